The molecule has 0 radical (unpaired) electrons. The van der Waals surface area contributed by atoms with Crippen LogP contribution >= 0.6 is 11.3 Å². The summed E-state index contributed by atoms with van der Waals surface area (Å²) < 4.78 is 28.2. The molecule has 1 unspecified atom stereocenters. The van der Waals surface area contributed by atoms with Crippen molar-refractivity contribution in [2.24, 2.45) is 5.73 Å². The van der Waals surface area contributed by atoms with E-state index in [1.54, 1.807) is 35.2 Å². The van der Waals surface area contributed by atoms with Gasteiger partial charge in [0.25, 0.3) is 0 Å². The molecule has 5 N–H and O–H groups in total. The fourth-order valence-corrected chi connectivity index (χ4v) is 4.51. The Morgan fingerprint density at radius 1 is 1.11 bits per heavy atom. The van der Waals surface area contributed by atoms with Crippen LogP contribution in [0.5, 0.6) is 0 Å². The lowest BCUT2D eigenvalue weighted by Gasteiger charge is -2.12. The molecule has 28 heavy (non-hydrogen) atoms. The lowest BCUT2D eigenvalue weighted by molar-refractivity contribution is 0.186. The van der Waals surface area contributed by atoms with Crippen LogP contribution in [0.2, 0.25) is 0 Å². The van der Waals surface area contributed by atoms with E-state index in [2.05, 4.69) is 20.0 Å². The van der Waals surface area contributed by atoms with Gasteiger partial charge in [-0.1, -0.05) is 0 Å². The maximum atomic E-state index is 12.4. The van der Waals surface area contributed by atoms with Crippen LogP contribution in [-0.2, 0) is 10.0 Å². The highest BCUT2D eigenvalue weighted by molar-refractivity contribution is 7.89. The van der Waals surface area contributed by atoms with Gasteiger partial charge in [-0.2, -0.15) is 0 Å². The van der Waals surface area contributed by atoms with Crippen LogP contribution < -0.4 is 15.8 Å². The highest BCUT2D eigenvalue weighted by Crippen LogP contribution is 2.29. The number of nitrogens with zero attached hydrogens (tertiary/aromatic N) is 2. The van der Waals surface area contributed by atoms with Crippen molar-refractivity contribution < 1.29 is 13.5 Å². The van der Waals surface area contributed by atoms with Crippen molar-refractivity contribution in [3.05, 3.63) is 54.2 Å². The van der Waals surface area contributed by atoms with Crippen LogP contribution in [-0.4, -0.2) is 36.3 Å². The Morgan fingerprint density at radius 2 is 1.96 bits per heavy atom. The summed E-state index contributed by atoms with van der Waals surface area (Å²) in [6.07, 6.45) is 0.387. The molecule has 4 aromatic rings. The zero-order valence-electron chi connectivity index (χ0n) is 14.5. The predicted molar refractivity (Wildman–Crippen MR) is 110 cm³/mol. The zero-order chi connectivity index (χ0) is 19.7. The van der Waals surface area contributed by atoms with Gasteiger partial charge in [0, 0.05) is 23.0 Å². The van der Waals surface area contributed by atoms with Gasteiger partial charge in [0.2, 0.25) is 10.0 Å². The second kappa shape index (κ2) is 7.41. The van der Waals surface area contributed by atoms with Gasteiger partial charge in [0.1, 0.15) is 6.23 Å². The number of fused-ring (bicyclic) bond motifs is 2. The maximum Gasteiger partial charge on any atom is 0.240 e. The Labute approximate surface area is 165 Å². The molecule has 0 spiro atoms. The van der Waals surface area contributed by atoms with Gasteiger partial charge >= 0.3 is 0 Å². The number of benzene rings is 2. The monoisotopic (exact) mass is 415 g/mol. The van der Waals surface area contributed by atoms with Gasteiger partial charge in [-0.05, 0) is 42.5 Å². The van der Waals surface area contributed by atoms with E-state index in [-0.39, 0.29) is 11.4 Å². The number of pyridine rings is 1. The summed E-state index contributed by atoms with van der Waals surface area (Å²) in [5.74, 6) is 0. The van der Waals surface area contributed by atoms with E-state index in [0.29, 0.717) is 10.9 Å². The Hall–Kier alpha value is -2.63. The Kier molecular flexibility index (Phi) is 4.96. The Balaban J connectivity index is 1.72. The Morgan fingerprint density at radius 3 is 2.79 bits per heavy atom. The first-order valence-electron chi connectivity index (χ1n) is 8.35. The van der Waals surface area contributed by atoms with E-state index in [4.69, 9.17) is 10.8 Å². The minimum Gasteiger partial charge on any atom is -0.377 e. The minimum atomic E-state index is -3.81. The molecule has 0 amide bonds. The smallest absolute Gasteiger partial charge is 0.240 e. The molecule has 0 bridgehead atoms. The molecule has 0 aliphatic heterocycles. The number of nitrogens with one attached hydrogen (secondary N) is 2. The summed E-state index contributed by atoms with van der Waals surface area (Å²) in [5.41, 5.74) is 10.1. The van der Waals surface area contributed by atoms with Crippen molar-refractivity contribution in [1.29, 1.82) is 0 Å². The second-order valence-corrected chi connectivity index (χ2v) is 8.77. The van der Waals surface area contributed by atoms with Crippen molar-refractivity contribution in [2.75, 3.05) is 11.9 Å². The van der Waals surface area contributed by atoms with Gasteiger partial charge in [-0.3, -0.25) is 4.98 Å². The molecule has 2 aromatic heterocycles. The topological polar surface area (TPSA) is 130 Å². The van der Waals surface area contributed by atoms with Crippen LogP contribution in [0.3, 0.4) is 0 Å². The number of aliphatic hydroxyl groups excluding tert-OH is 1. The van der Waals surface area contributed by atoms with Crippen molar-refractivity contribution in [2.45, 2.75) is 11.1 Å². The molecule has 4 rings (SSSR count). The molecule has 0 aliphatic rings. The minimum absolute atomic E-state index is 0.0617. The van der Waals surface area contributed by atoms with Gasteiger partial charge in [0.05, 0.1) is 32.7 Å². The van der Waals surface area contributed by atoms with Crippen LogP contribution in [0.25, 0.3) is 21.1 Å². The summed E-state index contributed by atoms with van der Waals surface area (Å²) in [5, 5.41) is 13.1. The molecular formula is C18H17N5O3S2. The van der Waals surface area contributed by atoms with Gasteiger partial charge < -0.3 is 16.2 Å². The normalized spacial score (nSPS) is 13.1. The number of aromatic nitrogens is 2. The summed E-state index contributed by atoms with van der Waals surface area (Å²) in [7, 11) is -3.81. The number of hydrogen-bond donors (Lipinski definition) is 4. The first-order chi connectivity index (χ1) is 13.4. The molecule has 8 nitrogen and oxygen atoms in total. The fraction of sp³-hybridized carbons (Fsp3) is 0.111. The first kappa shape index (κ1) is 18.7. The fourth-order valence-electron chi connectivity index (χ4n) is 2.77. The summed E-state index contributed by atoms with van der Waals surface area (Å²) in [6, 6.07) is 12.3. The predicted octanol–water partition coefficient (Wildman–Crippen LogP) is 2.14. The number of hydrogen-bond acceptors (Lipinski definition) is 8. The molecule has 2 heterocycles. The second-order valence-electron chi connectivity index (χ2n) is 6.12. The van der Waals surface area contributed by atoms with Gasteiger partial charge in [-0.25, -0.2) is 18.1 Å². The van der Waals surface area contributed by atoms with Crippen LogP contribution in [0.4, 0.5) is 11.4 Å². The lowest BCUT2D eigenvalue weighted by Crippen LogP contribution is -2.36. The van der Waals surface area contributed by atoms with E-state index < -0.39 is 16.3 Å². The Bertz CT molecular complexity index is 1250. The van der Waals surface area contributed by atoms with Crippen LogP contribution in [0.1, 0.15) is 0 Å². The van der Waals surface area contributed by atoms with Gasteiger partial charge in [0.15, 0.2) is 0 Å². The van der Waals surface area contributed by atoms with E-state index in [9.17, 15) is 8.42 Å². The molecular weight excluding hydrogens is 398 g/mol. The van der Waals surface area contributed by atoms with Crippen molar-refractivity contribution in [3.8, 4) is 0 Å². The largest absolute Gasteiger partial charge is 0.377 e. The van der Waals surface area contributed by atoms with E-state index >= 15 is 0 Å². The third kappa shape index (κ3) is 3.81. The molecule has 144 valence electrons. The number of aliphatic hydroxyl groups is 1. The van der Waals surface area contributed by atoms with Crippen molar-refractivity contribution in [3.63, 3.8) is 0 Å². The van der Waals surface area contributed by atoms with Crippen molar-refractivity contribution >= 4 is 53.9 Å². The molecule has 1 atom stereocenters. The standard InChI is InChI=1S/C18H17N5O3S2/c19-18(24)9-22-28(25,26)12-2-3-14-13(8-12)15(5-6-20-14)23-11-1-4-17-16(7-11)21-10-27-17/h1-8,10,18,22,24H,9,19H2,(H,20,23). The van der Waals surface area contributed by atoms with Crippen LogP contribution in [0.15, 0.2) is 59.1 Å². The summed E-state index contributed by atoms with van der Waals surface area (Å²) in [6.45, 7) is -0.272. The maximum absolute atomic E-state index is 12.4. The van der Waals surface area contributed by atoms with E-state index in [1.165, 1.54) is 12.1 Å². The molecule has 10 heteroatoms. The first-order valence-corrected chi connectivity index (χ1v) is 10.7. The van der Waals surface area contributed by atoms with Crippen LogP contribution in [0, 0.1) is 0 Å². The van der Waals surface area contributed by atoms with Gasteiger partial charge in [-0.15, -0.1) is 11.3 Å². The number of anilines is 2. The van der Waals surface area contributed by atoms with Crippen molar-refractivity contribution in [1.82, 2.24) is 14.7 Å². The number of sulfonamides is 1. The highest BCUT2D eigenvalue weighted by atomic mass is 32.2. The molecule has 0 saturated heterocycles. The van der Waals surface area contributed by atoms with E-state index in [1.807, 2.05) is 18.2 Å². The lowest BCUT2D eigenvalue weighted by atomic mass is 10.2. The third-order valence-corrected chi connectivity index (χ3v) is 6.35. The summed E-state index contributed by atoms with van der Waals surface area (Å²) in [4.78, 5) is 8.67. The average molecular weight is 416 g/mol. The zero-order valence-corrected chi connectivity index (χ0v) is 16.2. The van der Waals surface area contributed by atoms with E-state index in [0.717, 1.165) is 21.6 Å². The average Bonchev–Trinajstić information content (AvgIpc) is 3.14. The number of thiazole rings is 1. The third-order valence-electron chi connectivity index (χ3n) is 4.12. The number of rotatable bonds is 6. The molecule has 0 saturated carbocycles. The summed E-state index contributed by atoms with van der Waals surface area (Å²) >= 11 is 1.57. The molecule has 2 aromatic carbocycles. The molecule has 0 aliphatic carbocycles. The quantitative estimate of drug-likeness (QED) is 0.355. The SMILES string of the molecule is NC(O)CNS(=O)(=O)c1ccc2nccc(Nc3ccc4scnc4c3)c2c1. The highest BCUT2D eigenvalue weighted by Gasteiger charge is 2.16. The molecule has 0 fully saturated rings. The number of nitrogens with two attached hydrogens (primary N) is 1.